The molecule has 0 spiro atoms. The fraction of sp³-hybridized carbons (Fsp3) is 0.308. The van der Waals surface area contributed by atoms with Gasteiger partial charge in [0.25, 0.3) is 0 Å². The van der Waals surface area contributed by atoms with Crippen LogP contribution in [-0.4, -0.2) is 17.7 Å². The van der Waals surface area contributed by atoms with Crippen LogP contribution in [0.15, 0.2) is 29.8 Å². The second-order valence-electron chi connectivity index (χ2n) is 3.45. The van der Waals surface area contributed by atoms with Crippen molar-refractivity contribution in [1.29, 1.82) is 0 Å². The maximum absolute atomic E-state index is 11.3. The van der Waals surface area contributed by atoms with Gasteiger partial charge in [-0.15, -0.1) is 0 Å². The van der Waals surface area contributed by atoms with Gasteiger partial charge in [-0.05, 0) is 31.1 Å². The van der Waals surface area contributed by atoms with E-state index in [1.165, 1.54) is 0 Å². The first kappa shape index (κ1) is 12.5. The minimum Gasteiger partial charge on any atom is -0.463 e. The van der Waals surface area contributed by atoms with Gasteiger partial charge in [0.05, 0.1) is 13.2 Å². The predicted molar refractivity (Wildman–Crippen MR) is 62.6 cm³/mol. The number of aliphatic hydroxyl groups is 1. The largest absolute Gasteiger partial charge is 0.463 e. The molecule has 0 saturated heterocycles. The summed E-state index contributed by atoms with van der Waals surface area (Å²) in [6.45, 7) is 3.91. The minimum atomic E-state index is -0.297. The topological polar surface area (TPSA) is 46.5 Å². The van der Waals surface area contributed by atoms with Gasteiger partial charge in [-0.3, -0.25) is 0 Å². The molecule has 0 aliphatic heterocycles. The van der Waals surface area contributed by atoms with Crippen molar-refractivity contribution >= 4 is 12.0 Å². The van der Waals surface area contributed by atoms with E-state index in [0.717, 1.165) is 11.1 Å². The highest BCUT2D eigenvalue weighted by Crippen LogP contribution is 2.10. The molecule has 1 aromatic rings. The zero-order chi connectivity index (χ0) is 12.0. The summed E-state index contributed by atoms with van der Waals surface area (Å²) in [5, 5.41) is 8.88. The Balaban J connectivity index is 2.77. The maximum Gasteiger partial charge on any atom is 0.333 e. The van der Waals surface area contributed by atoms with Crippen LogP contribution < -0.4 is 0 Å². The number of hydrogen-bond donors (Lipinski definition) is 1. The summed E-state index contributed by atoms with van der Waals surface area (Å²) < 4.78 is 4.87. The Hall–Kier alpha value is -1.61. The third-order valence-electron chi connectivity index (χ3n) is 2.14. The second kappa shape index (κ2) is 6.08. The molecule has 0 aliphatic rings. The van der Waals surface area contributed by atoms with Crippen molar-refractivity contribution < 1.29 is 14.6 Å². The fourth-order valence-electron chi connectivity index (χ4n) is 1.27. The number of rotatable bonds is 4. The Bertz CT molecular complexity index is 377. The van der Waals surface area contributed by atoms with Gasteiger partial charge in [-0.1, -0.05) is 24.3 Å². The van der Waals surface area contributed by atoms with E-state index in [9.17, 15) is 4.79 Å². The maximum atomic E-state index is 11.3. The Morgan fingerprint density at radius 3 is 2.50 bits per heavy atom. The van der Waals surface area contributed by atoms with Crippen molar-refractivity contribution in [2.75, 3.05) is 6.61 Å². The van der Waals surface area contributed by atoms with E-state index >= 15 is 0 Å². The Labute approximate surface area is 95.4 Å². The summed E-state index contributed by atoms with van der Waals surface area (Å²) in [6.07, 6.45) is 1.76. The summed E-state index contributed by atoms with van der Waals surface area (Å²) in [5.41, 5.74) is 2.34. The normalized spacial score (nSPS) is 11.3. The molecule has 1 aromatic carbocycles. The third kappa shape index (κ3) is 3.51. The van der Waals surface area contributed by atoms with E-state index in [4.69, 9.17) is 9.84 Å². The van der Waals surface area contributed by atoms with Gasteiger partial charge >= 0.3 is 5.97 Å². The van der Waals surface area contributed by atoms with Crippen LogP contribution in [0.1, 0.15) is 25.0 Å². The van der Waals surface area contributed by atoms with Gasteiger partial charge in [0.1, 0.15) is 0 Å². The van der Waals surface area contributed by atoms with Crippen molar-refractivity contribution in [3.05, 3.63) is 41.0 Å². The van der Waals surface area contributed by atoms with Crippen molar-refractivity contribution in [2.45, 2.75) is 20.5 Å². The Morgan fingerprint density at radius 1 is 1.38 bits per heavy atom. The van der Waals surface area contributed by atoms with Crippen LogP contribution in [0.25, 0.3) is 6.08 Å². The zero-order valence-corrected chi connectivity index (χ0v) is 9.56. The molecule has 0 bridgehead atoms. The Kier molecular flexibility index (Phi) is 4.73. The molecule has 1 rings (SSSR count). The Morgan fingerprint density at radius 2 is 2.00 bits per heavy atom. The lowest BCUT2D eigenvalue weighted by Crippen LogP contribution is -2.04. The first-order valence-corrected chi connectivity index (χ1v) is 5.22. The highest BCUT2D eigenvalue weighted by atomic mass is 16.5. The van der Waals surface area contributed by atoms with E-state index in [-0.39, 0.29) is 12.6 Å². The predicted octanol–water partition coefficient (Wildman–Crippen LogP) is 2.15. The molecule has 0 heterocycles. The first-order valence-electron chi connectivity index (χ1n) is 5.22. The number of ether oxygens (including phenoxy) is 1. The van der Waals surface area contributed by atoms with Crippen LogP contribution in [0.2, 0.25) is 0 Å². The van der Waals surface area contributed by atoms with Crippen LogP contribution in [-0.2, 0) is 16.1 Å². The number of benzene rings is 1. The molecule has 86 valence electrons. The molecule has 0 aromatic heterocycles. The monoisotopic (exact) mass is 220 g/mol. The summed E-state index contributed by atoms with van der Waals surface area (Å²) in [5.74, 6) is -0.297. The van der Waals surface area contributed by atoms with E-state index in [2.05, 4.69) is 0 Å². The molecule has 0 fully saturated rings. The number of carbonyl (C=O) groups excluding carboxylic acids is 1. The summed E-state index contributed by atoms with van der Waals surface area (Å²) in [6, 6.07) is 7.36. The standard InChI is InChI=1S/C13H16O3/c1-3-16-13(15)10(2)8-11-4-6-12(9-14)7-5-11/h4-8,14H,3,9H2,1-2H3. The summed E-state index contributed by atoms with van der Waals surface area (Å²) in [7, 11) is 0. The van der Waals surface area contributed by atoms with Crippen molar-refractivity contribution in [3.63, 3.8) is 0 Å². The third-order valence-corrected chi connectivity index (χ3v) is 2.14. The average molecular weight is 220 g/mol. The zero-order valence-electron chi connectivity index (χ0n) is 9.56. The van der Waals surface area contributed by atoms with Crippen LogP contribution >= 0.6 is 0 Å². The molecule has 3 nitrogen and oxygen atoms in total. The smallest absolute Gasteiger partial charge is 0.333 e. The molecular formula is C13H16O3. The molecule has 1 N–H and O–H groups in total. The van der Waals surface area contributed by atoms with Crippen LogP contribution in [0.5, 0.6) is 0 Å². The lowest BCUT2D eigenvalue weighted by atomic mass is 10.1. The van der Waals surface area contributed by atoms with Gasteiger partial charge in [0, 0.05) is 5.57 Å². The molecule has 0 atom stereocenters. The molecule has 0 unspecified atom stereocenters. The van der Waals surface area contributed by atoms with E-state index in [0.29, 0.717) is 12.2 Å². The van der Waals surface area contributed by atoms with Gasteiger partial charge in [0.15, 0.2) is 0 Å². The molecule has 0 amide bonds. The average Bonchev–Trinajstić information content (AvgIpc) is 2.30. The van der Waals surface area contributed by atoms with Crippen molar-refractivity contribution in [1.82, 2.24) is 0 Å². The molecule has 16 heavy (non-hydrogen) atoms. The van der Waals surface area contributed by atoms with Crippen LogP contribution in [0, 0.1) is 0 Å². The lowest BCUT2D eigenvalue weighted by Gasteiger charge is -2.02. The quantitative estimate of drug-likeness (QED) is 0.624. The van der Waals surface area contributed by atoms with E-state index in [1.54, 1.807) is 19.9 Å². The van der Waals surface area contributed by atoms with Gasteiger partial charge < -0.3 is 9.84 Å². The lowest BCUT2D eigenvalue weighted by molar-refractivity contribution is -0.138. The summed E-state index contributed by atoms with van der Waals surface area (Å²) >= 11 is 0. The molecular weight excluding hydrogens is 204 g/mol. The van der Waals surface area contributed by atoms with Crippen LogP contribution in [0.3, 0.4) is 0 Å². The molecule has 0 aliphatic carbocycles. The van der Waals surface area contributed by atoms with E-state index < -0.39 is 0 Å². The SMILES string of the molecule is CCOC(=O)C(C)=Cc1ccc(CO)cc1. The number of carbonyl (C=O) groups is 1. The van der Waals surface area contributed by atoms with Gasteiger partial charge in [-0.2, -0.15) is 0 Å². The summed E-state index contributed by atoms with van der Waals surface area (Å²) in [4.78, 5) is 11.3. The number of hydrogen-bond acceptors (Lipinski definition) is 3. The molecule has 3 heteroatoms. The highest BCUT2D eigenvalue weighted by molar-refractivity contribution is 5.92. The van der Waals surface area contributed by atoms with Gasteiger partial charge in [-0.25, -0.2) is 4.79 Å². The van der Waals surface area contributed by atoms with Crippen LogP contribution in [0.4, 0.5) is 0 Å². The first-order chi connectivity index (χ1) is 7.67. The van der Waals surface area contributed by atoms with Crippen molar-refractivity contribution in [3.8, 4) is 0 Å². The number of aliphatic hydroxyl groups excluding tert-OH is 1. The minimum absolute atomic E-state index is 0.0286. The highest BCUT2D eigenvalue weighted by Gasteiger charge is 2.03. The van der Waals surface area contributed by atoms with Gasteiger partial charge in [0.2, 0.25) is 0 Å². The van der Waals surface area contributed by atoms with E-state index in [1.807, 2.05) is 24.3 Å². The number of esters is 1. The molecule has 0 saturated carbocycles. The molecule has 0 radical (unpaired) electrons. The van der Waals surface area contributed by atoms with Crippen molar-refractivity contribution in [2.24, 2.45) is 0 Å². The fourth-order valence-corrected chi connectivity index (χ4v) is 1.27. The second-order valence-corrected chi connectivity index (χ2v) is 3.45.